The molecule has 0 saturated carbocycles. The Bertz CT molecular complexity index is 2700. The predicted octanol–water partition coefficient (Wildman–Crippen LogP) is 13.5. The minimum Gasteiger partial charge on any atom is -0.462 e. The van der Waals surface area contributed by atoms with Crippen LogP contribution in [-0.2, 0) is 18.8 Å². The van der Waals surface area contributed by atoms with Crippen molar-refractivity contribution in [3.05, 3.63) is 160 Å². The van der Waals surface area contributed by atoms with Crippen LogP contribution in [0.1, 0.15) is 62.3 Å². The number of hydrogen-bond acceptors (Lipinski definition) is 12. The van der Waals surface area contributed by atoms with Crippen molar-refractivity contribution in [1.82, 2.24) is 0 Å². The Morgan fingerprint density at radius 2 is 0.928 bits per heavy atom. The molecular formula is C52H55BBrF3N6O6. The second-order valence-electron chi connectivity index (χ2n) is 16.8. The first-order chi connectivity index (χ1) is 32.7. The van der Waals surface area contributed by atoms with Crippen molar-refractivity contribution in [2.45, 2.75) is 52.7 Å². The Kier molecular flexibility index (Phi) is 18.6. The van der Waals surface area contributed by atoms with Crippen molar-refractivity contribution in [1.29, 1.82) is 0 Å². The first kappa shape index (κ1) is 53.3. The van der Waals surface area contributed by atoms with Crippen molar-refractivity contribution in [3.63, 3.8) is 0 Å². The first-order valence-electron chi connectivity index (χ1n) is 21.9. The fourth-order valence-electron chi connectivity index (χ4n) is 6.27. The topological polar surface area (TPSA) is 127 Å². The number of ether oxygens (including phenoxy) is 2. The molecule has 1 saturated heterocycles. The van der Waals surface area contributed by atoms with Gasteiger partial charge in [-0.1, -0.05) is 46.3 Å². The van der Waals surface area contributed by atoms with E-state index in [-0.39, 0.29) is 41.6 Å². The van der Waals surface area contributed by atoms with E-state index in [1.807, 2.05) is 130 Å². The van der Waals surface area contributed by atoms with Gasteiger partial charge in [-0.25, -0.2) is 22.8 Å². The molecule has 360 valence electrons. The molecule has 0 aliphatic carbocycles. The Balaban J connectivity index is 0.000000204. The molecule has 0 spiro atoms. The maximum absolute atomic E-state index is 14.2. The number of halogens is 4. The van der Waals surface area contributed by atoms with Gasteiger partial charge in [0.05, 0.1) is 52.7 Å². The zero-order chi connectivity index (χ0) is 50.5. The number of azo groups is 2. The first-order valence-corrected chi connectivity index (χ1v) is 22.7. The van der Waals surface area contributed by atoms with Gasteiger partial charge in [-0.2, -0.15) is 20.5 Å². The SMILES string of the molecule is CCOC(=O)c1c(F)cc(Br)cc1F.CCOC(=O)c1ccc(-c2ccc(N=Nc3ccc(N(C)C)cc3)cc2)cc1F.CN(C)c1ccc(N=Nc2ccc(B3OC(C)(C)C(C)(C)O3)cc2)cc1. The molecule has 12 nitrogen and oxygen atoms in total. The lowest BCUT2D eigenvalue weighted by Crippen LogP contribution is -2.41. The number of nitrogens with zero attached hydrogens (tertiary/aromatic N) is 6. The van der Waals surface area contributed by atoms with Crippen LogP contribution in [0.25, 0.3) is 11.1 Å². The minimum atomic E-state index is -0.991. The summed E-state index contributed by atoms with van der Waals surface area (Å²) in [7, 11) is 7.63. The summed E-state index contributed by atoms with van der Waals surface area (Å²) in [5.41, 5.74) is 6.35. The number of carbonyl (C=O) groups excluding carboxylic acids is 2. The van der Waals surface area contributed by atoms with Crippen LogP contribution in [0.2, 0.25) is 0 Å². The van der Waals surface area contributed by atoms with E-state index in [1.165, 1.54) is 12.1 Å². The molecule has 0 unspecified atom stereocenters. The molecule has 0 amide bonds. The van der Waals surface area contributed by atoms with E-state index in [9.17, 15) is 22.8 Å². The quantitative estimate of drug-likeness (QED) is 0.0674. The van der Waals surface area contributed by atoms with E-state index in [0.717, 1.165) is 51.6 Å². The number of hydrogen-bond donors (Lipinski definition) is 0. The molecule has 6 aromatic carbocycles. The predicted molar refractivity (Wildman–Crippen MR) is 270 cm³/mol. The number of carbonyl (C=O) groups is 2. The van der Waals surface area contributed by atoms with E-state index in [0.29, 0.717) is 11.3 Å². The molecule has 0 radical (unpaired) electrons. The fourth-order valence-corrected chi connectivity index (χ4v) is 6.68. The number of benzene rings is 6. The molecule has 17 heteroatoms. The van der Waals surface area contributed by atoms with Gasteiger partial charge in [0.1, 0.15) is 23.0 Å². The van der Waals surface area contributed by atoms with Gasteiger partial charge in [0.15, 0.2) is 0 Å². The minimum absolute atomic E-state index is 0.0682. The molecule has 0 atom stereocenters. The van der Waals surface area contributed by atoms with E-state index in [1.54, 1.807) is 19.9 Å². The second-order valence-corrected chi connectivity index (χ2v) is 17.7. The lowest BCUT2D eigenvalue weighted by molar-refractivity contribution is 0.00578. The molecule has 1 fully saturated rings. The summed E-state index contributed by atoms with van der Waals surface area (Å²) in [5.74, 6) is -4.13. The highest BCUT2D eigenvalue weighted by molar-refractivity contribution is 9.10. The van der Waals surface area contributed by atoms with Crippen LogP contribution in [0.4, 0.5) is 47.3 Å². The molecule has 1 heterocycles. The van der Waals surface area contributed by atoms with Crippen LogP contribution in [-0.4, -0.2) is 71.7 Å². The van der Waals surface area contributed by atoms with Crippen molar-refractivity contribution in [2.24, 2.45) is 20.5 Å². The van der Waals surface area contributed by atoms with E-state index < -0.39 is 35.0 Å². The van der Waals surface area contributed by atoms with Gasteiger partial charge < -0.3 is 28.6 Å². The third-order valence-corrected chi connectivity index (χ3v) is 11.3. The van der Waals surface area contributed by atoms with Crippen LogP contribution >= 0.6 is 15.9 Å². The summed E-state index contributed by atoms with van der Waals surface area (Å²) >= 11 is 2.90. The molecule has 7 rings (SSSR count). The van der Waals surface area contributed by atoms with Gasteiger partial charge in [0.25, 0.3) is 0 Å². The highest BCUT2D eigenvalue weighted by atomic mass is 79.9. The zero-order valence-electron chi connectivity index (χ0n) is 40.3. The van der Waals surface area contributed by atoms with Crippen LogP contribution in [0.5, 0.6) is 0 Å². The number of rotatable bonds is 12. The fraction of sp³-hybridized carbons (Fsp3) is 0.269. The van der Waals surface area contributed by atoms with Crippen molar-refractivity contribution in [3.8, 4) is 11.1 Å². The lowest BCUT2D eigenvalue weighted by atomic mass is 9.79. The van der Waals surface area contributed by atoms with Crippen LogP contribution < -0.4 is 15.3 Å². The lowest BCUT2D eigenvalue weighted by Gasteiger charge is -2.32. The third kappa shape index (κ3) is 14.7. The van der Waals surface area contributed by atoms with E-state index >= 15 is 0 Å². The van der Waals surface area contributed by atoms with Crippen molar-refractivity contribution >= 4 is 74.6 Å². The van der Waals surface area contributed by atoms with Gasteiger partial charge in [-0.05, 0) is 155 Å². The van der Waals surface area contributed by atoms with Crippen LogP contribution in [0.15, 0.2) is 152 Å². The summed E-state index contributed by atoms with van der Waals surface area (Å²) in [6.45, 7) is 11.7. The average Bonchev–Trinajstić information content (AvgIpc) is 3.53. The monoisotopic (exact) mass is 1010 g/mol. The summed E-state index contributed by atoms with van der Waals surface area (Å²) < 4.78 is 62.2. The summed E-state index contributed by atoms with van der Waals surface area (Å²) in [4.78, 5) is 26.9. The second kappa shape index (κ2) is 24.0. The molecular weight excluding hydrogens is 952 g/mol. The van der Waals surface area contributed by atoms with Crippen LogP contribution in [0.3, 0.4) is 0 Å². The third-order valence-electron chi connectivity index (χ3n) is 10.9. The van der Waals surface area contributed by atoms with Gasteiger partial charge in [-0.3, -0.25) is 0 Å². The van der Waals surface area contributed by atoms with Crippen molar-refractivity contribution < 1.29 is 41.5 Å². The molecule has 0 aromatic heterocycles. The smallest absolute Gasteiger partial charge is 0.462 e. The van der Waals surface area contributed by atoms with E-state index in [4.69, 9.17) is 14.0 Å². The maximum Gasteiger partial charge on any atom is 0.494 e. The number of esters is 2. The van der Waals surface area contributed by atoms with Gasteiger partial charge >= 0.3 is 19.1 Å². The van der Waals surface area contributed by atoms with Gasteiger partial charge in [0, 0.05) is 44.0 Å². The summed E-state index contributed by atoms with van der Waals surface area (Å²) in [6.07, 6.45) is 0. The highest BCUT2D eigenvalue weighted by Gasteiger charge is 2.51. The average molecular weight is 1010 g/mol. The van der Waals surface area contributed by atoms with Crippen molar-refractivity contribution in [2.75, 3.05) is 51.2 Å². The normalized spacial score (nSPS) is 13.6. The molecule has 6 aromatic rings. The highest BCUT2D eigenvalue weighted by Crippen LogP contribution is 2.37. The van der Waals surface area contributed by atoms with Gasteiger partial charge in [-0.15, -0.1) is 0 Å². The standard InChI is InChI=1S/C23H22FN3O2.C20H26BN3O2.C9H7BrF2O2/c1-4-29-23(28)21-14-7-17(15-22(21)24)16-5-8-18(9-6-16)25-26-19-10-12-20(13-11-19)27(2)3;1-19(2)20(3,4)26-21(25-19)15-7-9-16(10-8-15)22-23-17-11-13-18(14-12-17)24(5)6;1-2-14-9(13)8-6(11)3-5(10)4-7(8)12/h5-15H,4H2,1-3H3;7-14H,1-6H3;3-4H,2H2,1H3. The Labute approximate surface area is 410 Å². The summed E-state index contributed by atoms with van der Waals surface area (Å²) in [5, 5.41) is 17.1. The molecule has 1 aliphatic rings. The van der Waals surface area contributed by atoms with Gasteiger partial charge in [0.2, 0.25) is 0 Å². The van der Waals surface area contributed by atoms with E-state index in [2.05, 4.69) is 73.7 Å². The molecule has 1 aliphatic heterocycles. The molecule has 69 heavy (non-hydrogen) atoms. The largest absolute Gasteiger partial charge is 0.494 e. The molecule has 0 bridgehead atoms. The number of anilines is 2. The molecule has 0 N–H and O–H groups in total. The Morgan fingerprint density at radius 3 is 1.32 bits per heavy atom. The van der Waals surface area contributed by atoms with Crippen LogP contribution in [0, 0.1) is 17.5 Å². The summed E-state index contributed by atoms with van der Waals surface area (Å²) in [6, 6.07) is 37.3. The zero-order valence-corrected chi connectivity index (χ0v) is 41.8. The Hall–Kier alpha value is -6.69. The maximum atomic E-state index is 14.2. The Morgan fingerprint density at radius 1 is 0.551 bits per heavy atom.